The maximum Gasteiger partial charge on any atom is 0.422 e. The fourth-order valence-electron chi connectivity index (χ4n) is 1.49. The summed E-state index contributed by atoms with van der Waals surface area (Å²) in [5.41, 5.74) is 0.550. The molecule has 0 spiro atoms. The summed E-state index contributed by atoms with van der Waals surface area (Å²) in [6.07, 6.45) is -4.36. The van der Waals surface area contributed by atoms with Crippen molar-refractivity contribution in [2.24, 2.45) is 5.92 Å². The first kappa shape index (κ1) is 16.1. The van der Waals surface area contributed by atoms with Crippen LogP contribution in [0, 0.1) is 5.92 Å². The number of hydrogen-bond acceptors (Lipinski definition) is 2. The normalized spacial score (nSPS) is 11.9. The summed E-state index contributed by atoms with van der Waals surface area (Å²) in [6, 6.07) is 4.69. The van der Waals surface area contributed by atoms with Gasteiger partial charge >= 0.3 is 6.18 Å². The van der Waals surface area contributed by atoms with Gasteiger partial charge in [-0.05, 0) is 24.6 Å². The van der Waals surface area contributed by atoms with E-state index in [4.69, 9.17) is 16.3 Å². The Morgan fingerprint density at radius 3 is 2.58 bits per heavy atom. The Hall–Kier alpha value is -0.940. The Bertz CT molecular complexity index is 407. The van der Waals surface area contributed by atoms with Gasteiger partial charge in [0.1, 0.15) is 5.75 Å². The largest absolute Gasteiger partial charge is 0.484 e. The molecule has 0 aliphatic heterocycles. The van der Waals surface area contributed by atoms with Crippen LogP contribution in [0.4, 0.5) is 13.2 Å². The first-order chi connectivity index (χ1) is 8.79. The molecule has 0 bridgehead atoms. The van der Waals surface area contributed by atoms with Crippen LogP contribution in [0.1, 0.15) is 19.4 Å². The summed E-state index contributed by atoms with van der Waals surface area (Å²) in [6.45, 7) is 3.90. The first-order valence-electron chi connectivity index (χ1n) is 5.97. The molecule has 1 rings (SSSR count). The predicted octanol–water partition coefficient (Wildman–Crippen LogP) is 4.03. The standard InChI is InChI=1S/C13H17ClF3NO/c1-9(2)6-18-7-10-11(14)4-3-5-12(10)19-8-13(15,16)17/h3-5,9,18H,6-8H2,1-2H3. The van der Waals surface area contributed by atoms with E-state index >= 15 is 0 Å². The van der Waals surface area contributed by atoms with Crippen LogP contribution in [0.15, 0.2) is 18.2 Å². The second kappa shape index (κ2) is 7.01. The summed E-state index contributed by atoms with van der Waals surface area (Å²) in [4.78, 5) is 0. The minimum Gasteiger partial charge on any atom is -0.484 e. The summed E-state index contributed by atoms with van der Waals surface area (Å²) in [7, 11) is 0. The zero-order chi connectivity index (χ0) is 14.5. The SMILES string of the molecule is CC(C)CNCc1c(Cl)cccc1OCC(F)(F)F. The number of alkyl halides is 3. The van der Waals surface area contributed by atoms with E-state index < -0.39 is 12.8 Å². The third kappa shape index (κ3) is 6.16. The molecular weight excluding hydrogens is 279 g/mol. The minimum atomic E-state index is -4.36. The number of nitrogens with one attached hydrogen (secondary N) is 1. The number of ether oxygens (including phenoxy) is 1. The fraction of sp³-hybridized carbons (Fsp3) is 0.538. The van der Waals surface area contributed by atoms with E-state index in [0.29, 0.717) is 23.0 Å². The molecule has 0 amide bonds. The molecule has 0 heterocycles. The molecule has 1 aromatic carbocycles. The molecule has 0 unspecified atom stereocenters. The molecule has 0 atom stereocenters. The lowest BCUT2D eigenvalue weighted by Gasteiger charge is -2.15. The Kier molecular flexibility index (Phi) is 5.94. The molecule has 0 aliphatic carbocycles. The van der Waals surface area contributed by atoms with Gasteiger partial charge in [0.05, 0.1) is 0 Å². The van der Waals surface area contributed by atoms with Crippen molar-refractivity contribution in [2.75, 3.05) is 13.2 Å². The van der Waals surface area contributed by atoms with Crippen molar-refractivity contribution in [1.29, 1.82) is 0 Å². The lowest BCUT2D eigenvalue weighted by molar-refractivity contribution is -0.153. The van der Waals surface area contributed by atoms with E-state index in [2.05, 4.69) is 5.32 Å². The average Bonchev–Trinajstić information content (AvgIpc) is 2.27. The van der Waals surface area contributed by atoms with Crippen molar-refractivity contribution in [1.82, 2.24) is 5.32 Å². The molecule has 1 N–H and O–H groups in total. The molecule has 1 aromatic rings. The van der Waals surface area contributed by atoms with Crippen LogP contribution in [0.3, 0.4) is 0 Å². The minimum absolute atomic E-state index is 0.168. The second-order valence-corrected chi connectivity index (χ2v) is 5.05. The zero-order valence-electron chi connectivity index (χ0n) is 10.9. The van der Waals surface area contributed by atoms with Gasteiger partial charge in [-0.25, -0.2) is 0 Å². The molecule has 2 nitrogen and oxygen atoms in total. The maximum atomic E-state index is 12.2. The van der Waals surface area contributed by atoms with Gasteiger partial charge in [-0.2, -0.15) is 13.2 Å². The Morgan fingerprint density at radius 2 is 2.00 bits per heavy atom. The van der Waals surface area contributed by atoms with Crippen molar-refractivity contribution in [3.8, 4) is 5.75 Å². The third-order valence-corrected chi connectivity index (χ3v) is 2.68. The summed E-state index contributed by atoms with van der Waals surface area (Å²) in [5, 5.41) is 3.53. The van der Waals surface area contributed by atoms with Crippen molar-refractivity contribution in [2.45, 2.75) is 26.6 Å². The summed E-state index contributed by atoms with van der Waals surface area (Å²) >= 11 is 5.99. The van der Waals surface area contributed by atoms with Gasteiger partial charge in [0, 0.05) is 17.1 Å². The molecule has 108 valence electrons. The van der Waals surface area contributed by atoms with E-state index in [9.17, 15) is 13.2 Å². The van der Waals surface area contributed by atoms with Crippen LogP contribution in [0.5, 0.6) is 5.75 Å². The monoisotopic (exact) mass is 295 g/mol. The second-order valence-electron chi connectivity index (χ2n) is 4.65. The molecule has 6 heteroatoms. The van der Waals surface area contributed by atoms with Crippen molar-refractivity contribution < 1.29 is 17.9 Å². The third-order valence-electron chi connectivity index (χ3n) is 2.32. The Balaban J connectivity index is 2.71. The van der Waals surface area contributed by atoms with Crippen molar-refractivity contribution in [3.63, 3.8) is 0 Å². The molecule has 0 radical (unpaired) electrons. The van der Waals surface area contributed by atoms with Crippen molar-refractivity contribution in [3.05, 3.63) is 28.8 Å². The topological polar surface area (TPSA) is 21.3 Å². The molecule has 0 aromatic heterocycles. The van der Waals surface area contributed by atoms with Gasteiger partial charge in [0.2, 0.25) is 0 Å². The lowest BCUT2D eigenvalue weighted by Crippen LogP contribution is -2.22. The summed E-state index contributed by atoms with van der Waals surface area (Å²) < 4.78 is 41.3. The number of halogens is 4. The van der Waals surface area contributed by atoms with Gasteiger partial charge in [-0.15, -0.1) is 0 Å². The fourth-order valence-corrected chi connectivity index (χ4v) is 1.72. The van der Waals surface area contributed by atoms with E-state index in [0.717, 1.165) is 6.54 Å². The smallest absolute Gasteiger partial charge is 0.422 e. The molecule has 0 saturated carbocycles. The number of benzene rings is 1. The van der Waals surface area contributed by atoms with Gasteiger partial charge in [0.15, 0.2) is 6.61 Å². The van der Waals surface area contributed by atoms with Gasteiger partial charge in [-0.1, -0.05) is 31.5 Å². The molecular formula is C13H17ClF3NO. The van der Waals surface area contributed by atoms with Crippen LogP contribution in [0.25, 0.3) is 0 Å². The quantitative estimate of drug-likeness (QED) is 0.855. The zero-order valence-corrected chi connectivity index (χ0v) is 11.6. The first-order valence-corrected chi connectivity index (χ1v) is 6.35. The highest BCUT2D eigenvalue weighted by Gasteiger charge is 2.28. The van der Waals surface area contributed by atoms with Gasteiger partial charge < -0.3 is 10.1 Å². The van der Waals surface area contributed by atoms with Crippen LogP contribution in [-0.2, 0) is 6.54 Å². The van der Waals surface area contributed by atoms with E-state index in [1.807, 2.05) is 13.8 Å². The highest BCUT2D eigenvalue weighted by Crippen LogP contribution is 2.28. The maximum absolute atomic E-state index is 12.2. The highest BCUT2D eigenvalue weighted by atomic mass is 35.5. The molecule has 0 saturated heterocycles. The van der Waals surface area contributed by atoms with E-state index in [1.165, 1.54) is 6.07 Å². The highest BCUT2D eigenvalue weighted by molar-refractivity contribution is 6.31. The number of rotatable bonds is 6. The molecule has 19 heavy (non-hydrogen) atoms. The Labute approximate surface area is 115 Å². The van der Waals surface area contributed by atoms with Crippen LogP contribution >= 0.6 is 11.6 Å². The van der Waals surface area contributed by atoms with Crippen LogP contribution in [-0.4, -0.2) is 19.3 Å². The molecule has 0 fully saturated rings. The van der Waals surface area contributed by atoms with E-state index in [-0.39, 0.29) is 5.75 Å². The van der Waals surface area contributed by atoms with Crippen molar-refractivity contribution >= 4 is 11.6 Å². The molecule has 0 aliphatic rings. The summed E-state index contributed by atoms with van der Waals surface area (Å²) in [5.74, 6) is 0.614. The average molecular weight is 296 g/mol. The predicted molar refractivity (Wildman–Crippen MR) is 69.5 cm³/mol. The van der Waals surface area contributed by atoms with Crippen LogP contribution < -0.4 is 10.1 Å². The van der Waals surface area contributed by atoms with Crippen LogP contribution in [0.2, 0.25) is 5.02 Å². The van der Waals surface area contributed by atoms with E-state index in [1.54, 1.807) is 12.1 Å². The number of hydrogen-bond donors (Lipinski definition) is 1. The Morgan fingerprint density at radius 1 is 1.32 bits per heavy atom. The van der Waals surface area contributed by atoms with Gasteiger partial charge in [0.25, 0.3) is 0 Å². The lowest BCUT2D eigenvalue weighted by atomic mass is 10.1. The van der Waals surface area contributed by atoms with Gasteiger partial charge in [-0.3, -0.25) is 0 Å².